The van der Waals surface area contributed by atoms with E-state index in [2.05, 4.69) is 18.2 Å². The maximum atomic E-state index is 9.34. The minimum Gasteiger partial charge on any atom is -0.393 e. The van der Waals surface area contributed by atoms with Gasteiger partial charge in [0.15, 0.2) is 0 Å². The maximum Gasteiger partial charge on any atom is 0.0930 e. The minimum absolute atomic E-state index is 0.0191. The molecule has 1 atom stereocenters. The van der Waals surface area contributed by atoms with Crippen molar-refractivity contribution in [3.63, 3.8) is 0 Å². The van der Waals surface area contributed by atoms with E-state index in [1.54, 1.807) is 7.11 Å². The van der Waals surface area contributed by atoms with Crippen molar-refractivity contribution in [2.45, 2.75) is 37.9 Å². The lowest BCUT2D eigenvalue weighted by Gasteiger charge is -2.15. The van der Waals surface area contributed by atoms with E-state index in [-0.39, 0.29) is 11.7 Å². The molecule has 15 heavy (non-hydrogen) atoms. The van der Waals surface area contributed by atoms with Gasteiger partial charge in [0.25, 0.3) is 0 Å². The summed E-state index contributed by atoms with van der Waals surface area (Å²) in [5.41, 5.74) is 2.42. The molecule has 1 fully saturated rings. The van der Waals surface area contributed by atoms with E-state index in [9.17, 15) is 5.11 Å². The second-order valence-electron chi connectivity index (χ2n) is 4.45. The quantitative estimate of drug-likeness (QED) is 0.818. The Kier molecular flexibility index (Phi) is 2.81. The first kappa shape index (κ1) is 10.7. The first-order valence-electron chi connectivity index (χ1n) is 5.49. The third-order valence-electron chi connectivity index (χ3n) is 3.08. The van der Waals surface area contributed by atoms with E-state index >= 15 is 0 Å². The van der Waals surface area contributed by atoms with Gasteiger partial charge >= 0.3 is 0 Å². The highest BCUT2D eigenvalue weighted by Gasteiger charge is 2.44. The van der Waals surface area contributed by atoms with E-state index in [0.29, 0.717) is 6.42 Å². The van der Waals surface area contributed by atoms with Crippen LogP contribution in [0.4, 0.5) is 0 Å². The molecule has 1 unspecified atom stereocenters. The summed E-state index contributed by atoms with van der Waals surface area (Å²) in [6, 6.07) is 8.37. The van der Waals surface area contributed by atoms with Crippen LogP contribution in [0.25, 0.3) is 0 Å². The molecule has 0 spiro atoms. The Labute approximate surface area is 90.9 Å². The molecule has 1 saturated carbocycles. The zero-order chi connectivity index (χ0) is 10.9. The second kappa shape index (κ2) is 3.95. The van der Waals surface area contributed by atoms with Crippen LogP contribution in [-0.2, 0) is 16.8 Å². The summed E-state index contributed by atoms with van der Waals surface area (Å²) < 4.78 is 5.53. The highest BCUT2D eigenvalue weighted by Crippen LogP contribution is 2.48. The predicted octanol–water partition coefficient (Wildman–Crippen LogP) is 2.25. The number of aliphatic hydroxyl groups excluding tert-OH is 1. The molecule has 0 saturated heterocycles. The summed E-state index contributed by atoms with van der Waals surface area (Å²) in [7, 11) is 1.77. The van der Waals surface area contributed by atoms with Crippen molar-refractivity contribution in [1.29, 1.82) is 0 Å². The lowest BCUT2D eigenvalue weighted by atomic mass is 10.0. The summed E-state index contributed by atoms with van der Waals surface area (Å²) in [5, 5.41) is 9.34. The minimum atomic E-state index is -0.280. The number of aliphatic hydroxyl groups is 1. The first-order valence-corrected chi connectivity index (χ1v) is 5.49. The van der Waals surface area contributed by atoms with E-state index in [1.807, 2.05) is 13.0 Å². The number of methoxy groups -OCH3 is 1. The number of hydrogen-bond donors (Lipinski definition) is 1. The molecular formula is C13H18O2. The van der Waals surface area contributed by atoms with Gasteiger partial charge in [0.05, 0.1) is 11.7 Å². The van der Waals surface area contributed by atoms with Crippen LogP contribution in [0.15, 0.2) is 24.3 Å². The molecule has 1 N–H and O–H groups in total. The predicted molar refractivity (Wildman–Crippen MR) is 59.7 cm³/mol. The number of rotatable bonds is 4. The zero-order valence-electron chi connectivity index (χ0n) is 9.36. The summed E-state index contributed by atoms with van der Waals surface area (Å²) in [6.45, 7) is 1.82. The Balaban J connectivity index is 2.19. The molecule has 1 aliphatic rings. The molecule has 1 aromatic rings. The molecular weight excluding hydrogens is 188 g/mol. The number of ether oxygens (including phenoxy) is 1. The zero-order valence-corrected chi connectivity index (χ0v) is 9.36. The van der Waals surface area contributed by atoms with Gasteiger partial charge in [0, 0.05) is 7.11 Å². The Morgan fingerprint density at radius 1 is 1.47 bits per heavy atom. The molecule has 2 heteroatoms. The fraction of sp³-hybridized carbons (Fsp3) is 0.538. The molecule has 0 aromatic heterocycles. The SMILES string of the molecule is COC1(c2cccc(CC(C)O)c2)CC1. The van der Waals surface area contributed by atoms with Crippen LogP contribution in [0, 0.1) is 0 Å². The number of benzene rings is 1. The summed E-state index contributed by atoms with van der Waals surface area (Å²) in [6.07, 6.45) is 2.66. The smallest absolute Gasteiger partial charge is 0.0930 e. The van der Waals surface area contributed by atoms with Gasteiger partial charge in [-0.25, -0.2) is 0 Å². The summed E-state index contributed by atoms with van der Waals surface area (Å²) in [4.78, 5) is 0. The molecule has 2 nitrogen and oxygen atoms in total. The highest BCUT2D eigenvalue weighted by molar-refractivity contribution is 5.32. The first-order chi connectivity index (χ1) is 7.16. The molecule has 0 amide bonds. The second-order valence-corrected chi connectivity index (χ2v) is 4.45. The van der Waals surface area contributed by atoms with Crippen LogP contribution in [-0.4, -0.2) is 18.3 Å². The molecule has 1 aliphatic carbocycles. The van der Waals surface area contributed by atoms with Crippen LogP contribution in [0.3, 0.4) is 0 Å². The van der Waals surface area contributed by atoms with Gasteiger partial charge in [-0.15, -0.1) is 0 Å². The third-order valence-corrected chi connectivity index (χ3v) is 3.08. The average Bonchev–Trinajstić information content (AvgIpc) is 2.97. The van der Waals surface area contributed by atoms with E-state index in [4.69, 9.17) is 4.74 Å². The average molecular weight is 206 g/mol. The van der Waals surface area contributed by atoms with Crippen molar-refractivity contribution in [3.8, 4) is 0 Å². The molecule has 0 heterocycles. The molecule has 1 aromatic carbocycles. The lowest BCUT2D eigenvalue weighted by Crippen LogP contribution is -2.10. The van der Waals surface area contributed by atoms with Crippen molar-refractivity contribution < 1.29 is 9.84 Å². The fourth-order valence-electron chi connectivity index (χ4n) is 2.05. The normalized spacial score (nSPS) is 19.9. The van der Waals surface area contributed by atoms with Gasteiger partial charge in [-0.05, 0) is 37.3 Å². The van der Waals surface area contributed by atoms with Crippen molar-refractivity contribution in [1.82, 2.24) is 0 Å². The van der Waals surface area contributed by atoms with Gasteiger partial charge in [-0.1, -0.05) is 24.3 Å². The molecule has 0 aliphatic heterocycles. The van der Waals surface area contributed by atoms with E-state index < -0.39 is 0 Å². The Bertz CT molecular complexity index is 340. The number of hydrogen-bond acceptors (Lipinski definition) is 2. The van der Waals surface area contributed by atoms with Crippen LogP contribution in [0.2, 0.25) is 0 Å². The van der Waals surface area contributed by atoms with Gasteiger partial charge in [-0.3, -0.25) is 0 Å². The largest absolute Gasteiger partial charge is 0.393 e. The van der Waals surface area contributed by atoms with Gasteiger partial charge in [0.1, 0.15) is 0 Å². The van der Waals surface area contributed by atoms with Crippen molar-refractivity contribution in [2.24, 2.45) is 0 Å². The van der Waals surface area contributed by atoms with Crippen molar-refractivity contribution in [3.05, 3.63) is 35.4 Å². The monoisotopic (exact) mass is 206 g/mol. The molecule has 82 valence electrons. The highest BCUT2D eigenvalue weighted by atomic mass is 16.5. The van der Waals surface area contributed by atoms with Gasteiger partial charge in [-0.2, -0.15) is 0 Å². The summed E-state index contributed by atoms with van der Waals surface area (Å²) in [5.74, 6) is 0. The Morgan fingerprint density at radius 3 is 2.73 bits per heavy atom. The van der Waals surface area contributed by atoms with Crippen molar-refractivity contribution in [2.75, 3.05) is 7.11 Å². The third kappa shape index (κ3) is 2.21. The van der Waals surface area contributed by atoms with E-state index in [0.717, 1.165) is 12.8 Å². The fourth-order valence-corrected chi connectivity index (χ4v) is 2.05. The lowest BCUT2D eigenvalue weighted by molar-refractivity contribution is 0.0788. The molecule has 2 rings (SSSR count). The van der Waals surface area contributed by atoms with Crippen molar-refractivity contribution >= 4 is 0 Å². The van der Waals surface area contributed by atoms with E-state index in [1.165, 1.54) is 11.1 Å². The van der Waals surface area contributed by atoms with Crippen LogP contribution in [0.1, 0.15) is 30.9 Å². The summed E-state index contributed by atoms with van der Waals surface area (Å²) >= 11 is 0. The molecule has 0 bridgehead atoms. The van der Waals surface area contributed by atoms with Gasteiger partial charge < -0.3 is 9.84 Å². The van der Waals surface area contributed by atoms with Crippen LogP contribution >= 0.6 is 0 Å². The van der Waals surface area contributed by atoms with Gasteiger partial charge in [0.2, 0.25) is 0 Å². The Hall–Kier alpha value is -0.860. The standard InChI is InChI=1S/C13H18O2/c1-10(14)8-11-4-3-5-12(9-11)13(15-2)6-7-13/h3-5,9-10,14H,6-8H2,1-2H3. The van der Waals surface area contributed by atoms with Crippen LogP contribution < -0.4 is 0 Å². The Morgan fingerprint density at radius 2 is 2.20 bits per heavy atom. The molecule has 0 radical (unpaired) electrons. The van der Waals surface area contributed by atoms with Crippen LogP contribution in [0.5, 0.6) is 0 Å². The maximum absolute atomic E-state index is 9.34. The topological polar surface area (TPSA) is 29.5 Å².